The quantitative estimate of drug-likeness (QED) is 0.240. The van der Waals surface area contributed by atoms with Crippen LogP contribution in [-0.4, -0.2) is 28.3 Å². The highest BCUT2D eigenvalue weighted by atomic mass is 79.9. The van der Waals surface area contributed by atoms with Gasteiger partial charge in [0.05, 0.1) is 5.92 Å². The lowest BCUT2D eigenvalue weighted by Gasteiger charge is -2.17. The van der Waals surface area contributed by atoms with Gasteiger partial charge in [-0.25, -0.2) is 4.98 Å². The van der Waals surface area contributed by atoms with E-state index in [9.17, 15) is 9.59 Å². The topological polar surface area (TPSA) is 99.2 Å². The molecule has 0 radical (unpaired) electrons. The number of nitrogens with zero attached hydrogens (tertiary/aromatic N) is 3. The van der Waals surface area contributed by atoms with E-state index < -0.39 is 5.92 Å². The van der Waals surface area contributed by atoms with Gasteiger partial charge in [0, 0.05) is 51.9 Å². The van der Waals surface area contributed by atoms with Crippen LogP contribution in [0.25, 0.3) is 0 Å². The number of hydrogen-bond donors (Lipinski definition) is 3. The predicted octanol–water partition coefficient (Wildman–Crippen LogP) is 6.33. The third-order valence-corrected chi connectivity index (χ3v) is 6.70. The summed E-state index contributed by atoms with van der Waals surface area (Å²) in [5.41, 5.74) is 5.18. The van der Waals surface area contributed by atoms with Gasteiger partial charge in [0.15, 0.2) is 0 Å². The van der Waals surface area contributed by atoms with Crippen LogP contribution in [-0.2, 0) is 9.59 Å². The fourth-order valence-electron chi connectivity index (χ4n) is 4.26. The second-order valence-electron chi connectivity index (χ2n) is 9.29. The fourth-order valence-corrected chi connectivity index (χ4v) is 4.65. The van der Waals surface area contributed by atoms with Crippen molar-refractivity contribution < 1.29 is 9.59 Å². The van der Waals surface area contributed by atoms with Gasteiger partial charge in [0.25, 0.3) is 0 Å². The molecule has 2 amide bonds. The van der Waals surface area contributed by atoms with Crippen LogP contribution in [0.5, 0.6) is 0 Å². The van der Waals surface area contributed by atoms with Crippen LogP contribution in [0.3, 0.4) is 0 Å². The summed E-state index contributed by atoms with van der Waals surface area (Å²) < 4.78 is 0.888. The lowest BCUT2D eigenvalue weighted by atomic mass is 10.1. The molecule has 1 aliphatic rings. The molecule has 192 valence electrons. The smallest absolute Gasteiger partial charge is 0.229 e. The number of carbonyl (C=O) groups excluding carboxylic acids is 2. The Labute approximate surface area is 229 Å². The van der Waals surface area contributed by atoms with Crippen LogP contribution >= 0.6 is 15.9 Å². The van der Waals surface area contributed by atoms with Gasteiger partial charge < -0.3 is 20.9 Å². The lowest BCUT2D eigenvalue weighted by molar-refractivity contribution is -0.122. The summed E-state index contributed by atoms with van der Waals surface area (Å²) >= 11 is 3.43. The van der Waals surface area contributed by atoms with Gasteiger partial charge in [-0.15, -0.1) is 0 Å². The molecule has 2 heterocycles. The maximum absolute atomic E-state index is 12.9. The number of hydrogen-bond acceptors (Lipinski definition) is 6. The van der Waals surface area contributed by atoms with Crippen LogP contribution in [0.2, 0.25) is 0 Å². The molecule has 1 aromatic heterocycles. The zero-order valence-electron chi connectivity index (χ0n) is 21.0. The summed E-state index contributed by atoms with van der Waals surface area (Å²) in [6.45, 7) is 4.31. The maximum Gasteiger partial charge on any atom is 0.229 e. The highest BCUT2D eigenvalue weighted by molar-refractivity contribution is 9.10. The molecule has 3 aromatic carbocycles. The minimum absolute atomic E-state index is 0.0582. The molecular formula is C29H27BrN6O2. The molecule has 0 unspecified atom stereocenters. The van der Waals surface area contributed by atoms with Gasteiger partial charge >= 0.3 is 0 Å². The number of rotatable bonds is 7. The Hall–Kier alpha value is -4.24. The fraction of sp³-hybridized carbons (Fsp3) is 0.172. The van der Waals surface area contributed by atoms with Crippen molar-refractivity contribution >= 4 is 62.3 Å². The predicted molar refractivity (Wildman–Crippen MR) is 154 cm³/mol. The average Bonchev–Trinajstić information content (AvgIpc) is 3.28. The Morgan fingerprint density at radius 3 is 2.32 bits per heavy atom. The molecule has 5 rings (SSSR count). The molecule has 4 aromatic rings. The number of nitrogens with one attached hydrogen (secondary N) is 3. The van der Waals surface area contributed by atoms with E-state index in [0.717, 1.165) is 27.2 Å². The monoisotopic (exact) mass is 570 g/mol. The summed E-state index contributed by atoms with van der Waals surface area (Å²) in [6.07, 6.45) is 0.182. The van der Waals surface area contributed by atoms with Crippen molar-refractivity contribution in [2.75, 3.05) is 27.4 Å². The van der Waals surface area contributed by atoms with Gasteiger partial charge in [0.1, 0.15) is 5.82 Å². The van der Waals surface area contributed by atoms with Gasteiger partial charge in [-0.1, -0.05) is 39.7 Å². The number of anilines is 6. The Kier molecular flexibility index (Phi) is 7.37. The largest absolute Gasteiger partial charge is 0.340 e. The SMILES string of the molecule is Cc1ccc(Nc2cc(C)nc(Nc3ccc(NC(=O)[C@H]4CC(=O)N(c5cccc(Br)c5)C4)cc3)n2)cc1. The van der Waals surface area contributed by atoms with E-state index in [1.165, 1.54) is 5.56 Å². The summed E-state index contributed by atoms with van der Waals surface area (Å²) in [4.78, 5) is 36.1. The molecular weight excluding hydrogens is 544 g/mol. The Bertz CT molecular complexity index is 1470. The van der Waals surface area contributed by atoms with Crippen molar-refractivity contribution in [3.63, 3.8) is 0 Å². The van der Waals surface area contributed by atoms with Crippen LogP contribution in [0, 0.1) is 19.8 Å². The zero-order valence-corrected chi connectivity index (χ0v) is 22.6. The van der Waals surface area contributed by atoms with Gasteiger partial charge in [0.2, 0.25) is 17.8 Å². The summed E-state index contributed by atoms with van der Waals surface area (Å²) in [5, 5.41) is 9.46. The first-order chi connectivity index (χ1) is 18.3. The van der Waals surface area contributed by atoms with E-state index in [1.54, 1.807) is 4.90 Å². The third-order valence-electron chi connectivity index (χ3n) is 6.20. The number of amides is 2. The first-order valence-electron chi connectivity index (χ1n) is 12.3. The molecule has 38 heavy (non-hydrogen) atoms. The third kappa shape index (κ3) is 6.18. The molecule has 1 fully saturated rings. The second kappa shape index (κ2) is 11.0. The average molecular weight is 571 g/mol. The van der Waals surface area contributed by atoms with Gasteiger partial charge in [-0.3, -0.25) is 9.59 Å². The number of aryl methyl sites for hydroxylation is 2. The first-order valence-corrected chi connectivity index (χ1v) is 13.0. The normalized spacial score (nSPS) is 14.9. The van der Waals surface area contributed by atoms with E-state index >= 15 is 0 Å². The maximum atomic E-state index is 12.9. The Morgan fingerprint density at radius 2 is 1.58 bits per heavy atom. The minimum atomic E-state index is -0.417. The summed E-state index contributed by atoms with van der Waals surface area (Å²) in [7, 11) is 0. The Morgan fingerprint density at radius 1 is 0.895 bits per heavy atom. The van der Waals surface area contributed by atoms with Crippen molar-refractivity contribution in [1.29, 1.82) is 0 Å². The number of halogens is 1. The van der Waals surface area contributed by atoms with E-state index in [-0.39, 0.29) is 18.2 Å². The molecule has 0 spiro atoms. The van der Waals surface area contributed by atoms with Crippen LogP contribution in [0.4, 0.5) is 34.5 Å². The van der Waals surface area contributed by atoms with Crippen molar-refractivity contribution in [2.24, 2.45) is 5.92 Å². The number of aromatic nitrogens is 2. The first kappa shape index (κ1) is 25.4. The lowest BCUT2D eigenvalue weighted by Crippen LogP contribution is -2.28. The Balaban J connectivity index is 1.20. The van der Waals surface area contributed by atoms with Crippen LogP contribution in [0.1, 0.15) is 17.7 Å². The molecule has 1 saturated heterocycles. The summed E-state index contributed by atoms with van der Waals surface area (Å²) in [6, 6.07) is 24.8. The van der Waals surface area contributed by atoms with E-state index in [1.807, 2.05) is 92.7 Å². The number of carbonyl (C=O) groups is 2. The van der Waals surface area contributed by atoms with Crippen molar-refractivity contribution in [1.82, 2.24) is 9.97 Å². The van der Waals surface area contributed by atoms with Crippen LogP contribution < -0.4 is 20.9 Å². The van der Waals surface area contributed by atoms with Gasteiger partial charge in [-0.05, 0) is 68.4 Å². The van der Waals surface area contributed by atoms with E-state index in [0.29, 0.717) is 24.0 Å². The molecule has 0 aliphatic carbocycles. The molecule has 0 saturated carbocycles. The van der Waals surface area contributed by atoms with Crippen molar-refractivity contribution in [3.8, 4) is 0 Å². The summed E-state index contributed by atoms with van der Waals surface area (Å²) in [5.74, 6) is 0.506. The minimum Gasteiger partial charge on any atom is -0.340 e. The highest BCUT2D eigenvalue weighted by Crippen LogP contribution is 2.28. The highest BCUT2D eigenvalue weighted by Gasteiger charge is 2.35. The molecule has 0 bridgehead atoms. The van der Waals surface area contributed by atoms with Crippen molar-refractivity contribution in [3.05, 3.63) is 94.6 Å². The molecule has 1 atom stereocenters. The second-order valence-corrected chi connectivity index (χ2v) is 10.2. The van der Waals surface area contributed by atoms with Gasteiger partial charge in [-0.2, -0.15) is 4.98 Å². The van der Waals surface area contributed by atoms with E-state index in [2.05, 4.69) is 41.8 Å². The zero-order chi connectivity index (χ0) is 26.6. The van der Waals surface area contributed by atoms with Crippen LogP contribution in [0.15, 0.2) is 83.3 Å². The molecule has 9 heteroatoms. The van der Waals surface area contributed by atoms with E-state index in [4.69, 9.17) is 0 Å². The standard InChI is InChI=1S/C29H27BrN6O2/c1-18-6-8-22(9-7-18)32-26-14-19(2)31-29(35-26)34-24-12-10-23(11-13-24)33-28(38)20-15-27(37)36(17-20)25-5-3-4-21(30)16-25/h3-14,16,20H,15,17H2,1-2H3,(H,33,38)(H2,31,32,34,35)/t20-/m0/s1. The molecule has 8 nitrogen and oxygen atoms in total. The molecule has 3 N–H and O–H groups in total. The van der Waals surface area contributed by atoms with Crippen molar-refractivity contribution in [2.45, 2.75) is 20.3 Å². The number of benzene rings is 3. The molecule has 1 aliphatic heterocycles.